The van der Waals surface area contributed by atoms with Gasteiger partial charge in [-0.25, -0.2) is 0 Å². The van der Waals surface area contributed by atoms with Gasteiger partial charge in [-0.05, 0) is 11.1 Å². The van der Waals surface area contributed by atoms with E-state index in [0.29, 0.717) is 0 Å². The fourth-order valence-electron chi connectivity index (χ4n) is 3.43. The summed E-state index contributed by atoms with van der Waals surface area (Å²) < 4.78 is 23.5. The van der Waals surface area contributed by atoms with Gasteiger partial charge in [0.05, 0.1) is 19.3 Å². The molecule has 6 atom stereocenters. The van der Waals surface area contributed by atoms with Gasteiger partial charge in [-0.3, -0.25) is 0 Å². The van der Waals surface area contributed by atoms with Crippen LogP contribution in [0, 0.1) is 0 Å². The van der Waals surface area contributed by atoms with Crippen LogP contribution in [0.3, 0.4) is 0 Å². The first-order valence-corrected chi connectivity index (χ1v) is 9.11. The minimum atomic E-state index is -1.08. The van der Waals surface area contributed by atoms with Crippen LogP contribution < -0.4 is 0 Å². The Morgan fingerprint density at radius 2 is 1.79 bits per heavy atom. The Morgan fingerprint density at radius 1 is 1.07 bits per heavy atom. The lowest BCUT2D eigenvalue weighted by atomic mass is 9.96. The molecule has 0 amide bonds. The second-order valence-corrected chi connectivity index (χ2v) is 6.70. The third-order valence-electron chi connectivity index (χ3n) is 4.85. The van der Waals surface area contributed by atoms with E-state index in [1.165, 1.54) is 0 Å². The number of fused-ring (bicyclic) bond motifs is 1. The first kappa shape index (κ1) is 18.9. The standard InChI is InChI=1S/C20H21N3O5/c21-23-22-16-17(24)18-15(12-26-19(28-18)14-9-5-2-6-10-14)27-20(16)25-11-13-7-3-1-4-8-13/h1-10,15-20,24H,11-12H2/t15-,16-,17-,18-,19?,20?/m1/s1. The Morgan fingerprint density at radius 3 is 2.50 bits per heavy atom. The van der Waals surface area contributed by atoms with Gasteiger partial charge in [0.1, 0.15) is 18.2 Å². The molecule has 28 heavy (non-hydrogen) atoms. The van der Waals surface area contributed by atoms with Gasteiger partial charge in [-0.2, -0.15) is 0 Å². The van der Waals surface area contributed by atoms with Gasteiger partial charge in [0.2, 0.25) is 0 Å². The molecule has 0 saturated carbocycles. The molecular weight excluding hydrogens is 362 g/mol. The first-order chi connectivity index (χ1) is 13.8. The maximum absolute atomic E-state index is 10.8. The lowest BCUT2D eigenvalue weighted by Crippen LogP contribution is -2.61. The molecule has 2 aromatic carbocycles. The highest BCUT2D eigenvalue weighted by Crippen LogP contribution is 2.35. The summed E-state index contributed by atoms with van der Waals surface area (Å²) in [7, 11) is 0. The monoisotopic (exact) mass is 383 g/mol. The summed E-state index contributed by atoms with van der Waals surface area (Å²) in [6.45, 7) is 0.497. The number of aliphatic hydroxyl groups is 1. The van der Waals surface area contributed by atoms with Gasteiger partial charge in [0, 0.05) is 10.5 Å². The molecule has 2 aliphatic rings. The summed E-state index contributed by atoms with van der Waals surface area (Å²) in [5.41, 5.74) is 10.7. The van der Waals surface area contributed by atoms with Crippen LogP contribution in [0.5, 0.6) is 0 Å². The molecular formula is C20H21N3O5. The van der Waals surface area contributed by atoms with Crippen molar-refractivity contribution in [2.75, 3.05) is 6.61 Å². The summed E-state index contributed by atoms with van der Waals surface area (Å²) in [5.74, 6) is 0. The van der Waals surface area contributed by atoms with Crippen molar-refractivity contribution in [3.05, 3.63) is 82.2 Å². The lowest BCUT2D eigenvalue weighted by Gasteiger charge is -2.46. The number of nitrogens with zero attached hydrogens (tertiary/aromatic N) is 3. The normalized spacial score (nSPS) is 32.2. The number of benzene rings is 2. The summed E-state index contributed by atoms with van der Waals surface area (Å²) in [4.78, 5) is 2.85. The SMILES string of the molecule is [N-]=[N+]=N[C@H]1C(OCc2ccccc2)O[C@@H]2COC(c3ccccc3)O[C@H]2[C@@H]1O. The predicted octanol–water partition coefficient (Wildman–Crippen LogP) is 3.08. The van der Waals surface area contributed by atoms with E-state index in [4.69, 9.17) is 24.5 Å². The Balaban J connectivity index is 1.47. The van der Waals surface area contributed by atoms with E-state index in [1.807, 2.05) is 60.7 Å². The number of hydrogen-bond donors (Lipinski definition) is 1. The molecule has 146 valence electrons. The molecule has 0 aromatic heterocycles. The van der Waals surface area contributed by atoms with Gasteiger partial charge >= 0.3 is 0 Å². The largest absolute Gasteiger partial charge is 0.390 e. The van der Waals surface area contributed by atoms with Crippen LogP contribution in [-0.4, -0.2) is 42.4 Å². The molecule has 2 aliphatic heterocycles. The maximum atomic E-state index is 10.8. The molecule has 2 unspecified atom stereocenters. The highest BCUT2D eigenvalue weighted by molar-refractivity contribution is 5.17. The molecule has 8 heteroatoms. The second kappa shape index (κ2) is 8.70. The summed E-state index contributed by atoms with van der Waals surface area (Å²) in [6, 6.07) is 18.1. The van der Waals surface area contributed by atoms with Crippen molar-refractivity contribution in [2.45, 2.75) is 43.5 Å². The molecule has 0 aliphatic carbocycles. The van der Waals surface area contributed by atoms with Crippen molar-refractivity contribution < 1.29 is 24.1 Å². The zero-order valence-corrected chi connectivity index (χ0v) is 15.1. The average molecular weight is 383 g/mol. The van der Waals surface area contributed by atoms with Gasteiger partial charge in [0.15, 0.2) is 12.6 Å². The van der Waals surface area contributed by atoms with Crippen molar-refractivity contribution in [1.29, 1.82) is 0 Å². The van der Waals surface area contributed by atoms with E-state index < -0.39 is 36.9 Å². The average Bonchev–Trinajstić information content (AvgIpc) is 2.76. The lowest BCUT2D eigenvalue weighted by molar-refractivity contribution is -0.343. The smallest absolute Gasteiger partial charge is 0.184 e. The minimum Gasteiger partial charge on any atom is -0.390 e. The van der Waals surface area contributed by atoms with Crippen LogP contribution in [0.4, 0.5) is 0 Å². The van der Waals surface area contributed by atoms with Crippen LogP contribution in [0.1, 0.15) is 17.4 Å². The quantitative estimate of drug-likeness (QED) is 0.485. The van der Waals surface area contributed by atoms with Crippen molar-refractivity contribution in [3.63, 3.8) is 0 Å². The fraction of sp³-hybridized carbons (Fsp3) is 0.400. The third kappa shape index (κ3) is 4.02. The number of rotatable bonds is 5. The molecule has 0 bridgehead atoms. The number of ether oxygens (including phenoxy) is 4. The molecule has 1 N–H and O–H groups in total. The van der Waals surface area contributed by atoms with Crippen LogP contribution in [0.2, 0.25) is 0 Å². The molecule has 0 spiro atoms. The minimum absolute atomic E-state index is 0.232. The zero-order chi connectivity index (χ0) is 19.3. The molecule has 2 aromatic rings. The third-order valence-corrected chi connectivity index (χ3v) is 4.85. The van der Waals surface area contributed by atoms with Crippen molar-refractivity contribution in [2.24, 2.45) is 5.11 Å². The molecule has 0 radical (unpaired) electrons. The van der Waals surface area contributed by atoms with Gasteiger partial charge < -0.3 is 24.1 Å². The Hall–Kier alpha value is -2.45. The highest BCUT2D eigenvalue weighted by Gasteiger charge is 2.49. The Bertz CT molecular complexity index is 815. The molecule has 2 saturated heterocycles. The van der Waals surface area contributed by atoms with E-state index in [2.05, 4.69) is 10.0 Å². The maximum Gasteiger partial charge on any atom is 0.184 e. The summed E-state index contributed by atoms with van der Waals surface area (Å²) in [6.07, 6.45) is -3.81. The summed E-state index contributed by atoms with van der Waals surface area (Å²) in [5, 5.41) is 14.5. The van der Waals surface area contributed by atoms with Gasteiger partial charge in [0.25, 0.3) is 0 Å². The van der Waals surface area contributed by atoms with Gasteiger partial charge in [-0.15, -0.1) is 0 Å². The highest BCUT2D eigenvalue weighted by atomic mass is 16.7. The summed E-state index contributed by atoms with van der Waals surface area (Å²) >= 11 is 0. The molecule has 2 heterocycles. The molecule has 8 nitrogen and oxygen atoms in total. The topological polar surface area (TPSA) is 106 Å². The molecule has 4 rings (SSSR count). The Kier molecular flexibility index (Phi) is 5.87. The molecule has 2 fully saturated rings. The second-order valence-electron chi connectivity index (χ2n) is 6.70. The van der Waals surface area contributed by atoms with E-state index in [9.17, 15) is 5.11 Å². The number of aliphatic hydroxyl groups excluding tert-OH is 1. The van der Waals surface area contributed by atoms with Crippen LogP contribution >= 0.6 is 0 Å². The van der Waals surface area contributed by atoms with E-state index in [1.54, 1.807) is 0 Å². The zero-order valence-electron chi connectivity index (χ0n) is 15.1. The van der Waals surface area contributed by atoms with E-state index >= 15 is 0 Å². The predicted molar refractivity (Wildman–Crippen MR) is 98.8 cm³/mol. The Labute approximate surface area is 162 Å². The first-order valence-electron chi connectivity index (χ1n) is 9.11. The van der Waals surface area contributed by atoms with Crippen molar-refractivity contribution in [1.82, 2.24) is 0 Å². The van der Waals surface area contributed by atoms with Crippen LogP contribution in [-0.2, 0) is 25.6 Å². The van der Waals surface area contributed by atoms with E-state index in [-0.39, 0.29) is 13.2 Å². The number of azide groups is 1. The van der Waals surface area contributed by atoms with E-state index in [0.717, 1.165) is 11.1 Å². The van der Waals surface area contributed by atoms with Crippen LogP contribution in [0.25, 0.3) is 10.4 Å². The van der Waals surface area contributed by atoms with Crippen LogP contribution in [0.15, 0.2) is 65.8 Å². The van der Waals surface area contributed by atoms with Crippen molar-refractivity contribution in [3.8, 4) is 0 Å². The number of hydrogen-bond acceptors (Lipinski definition) is 6. The van der Waals surface area contributed by atoms with Crippen molar-refractivity contribution >= 4 is 0 Å². The fourth-order valence-corrected chi connectivity index (χ4v) is 3.43. The van der Waals surface area contributed by atoms with Gasteiger partial charge in [-0.1, -0.05) is 65.8 Å².